The highest BCUT2D eigenvalue weighted by Gasteiger charge is 2.33. The van der Waals surface area contributed by atoms with Gasteiger partial charge in [-0.2, -0.15) is 0 Å². The topological polar surface area (TPSA) is 83.1 Å². The number of amides is 3. The van der Waals surface area contributed by atoms with Crippen LogP contribution in [0.4, 0.5) is 4.79 Å². The molecule has 0 bridgehead atoms. The average molecular weight is 437 g/mol. The predicted octanol–water partition coefficient (Wildman–Crippen LogP) is 1.84. The highest BCUT2D eigenvalue weighted by Crippen LogP contribution is 2.15. The lowest BCUT2D eigenvalue weighted by atomic mass is 10.0. The van der Waals surface area contributed by atoms with Crippen molar-refractivity contribution in [3.63, 3.8) is 0 Å². The average Bonchev–Trinajstić information content (AvgIpc) is 2.80. The minimum atomic E-state index is -1.45. The fourth-order valence-electron chi connectivity index (χ4n) is 2.99. The summed E-state index contributed by atoms with van der Waals surface area (Å²) in [5, 5.41) is 4.29. The highest BCUT2D eigenvalue weighted by atomic mass is 28.3. The number of benzene rings is 1. The second kappa shape index (κ2) is 10.9. The molecule has 3 amide bonds. The summed E-state index contributed by atoms with van der Waals surface area (Å²) in [5.41, 5.74) is 3.86. The van der Waals surface area contributed by atoms with Gasteiger partial charge in [-0.3, -0.25) is 4.79 Å². The highest BCUT2D eigenvalue weighted by molar-refractivity contribution is 6.77. The minimum absolute atomic E-state index is 0.118. The van der Waals surface area contributed by atoms with Crippen LogP contribution < -0.4 is 10.7 Å². The summed E-state index contributed by atoms with van der Waals surface area (Å²) in [6.45, 7) is 9.36. The molecule has 8 nitrogen and oxygen atoms in total. The van der Waals surface area contributed by atoms with E-state index in [-0.39, 0.29) is 37.6 Å². The molecule has 1 aromatic rings. The van der Waals surface area contributed by atoms with Crippen molar-refractivity contribution in [1.29, 1.82) is 0 Å². The predicted molar refractivity (Wildman–Crippen MR) is 120 cm³/mol. The van der Waals surface area contributed by atoms with E-state index in [2.05, 4.69) is 37.3 Å². The molecule has 1 aliphatic rings. The molecule has 168 valence electrons. The van der Waals surface area contributed by atoms with Gasteiger partial charge in [-0.15, -0.1) is 0 Å². The van der Waals surface area contributed by atoms with Crippen molar-refractivity contribution in [1.82, 2.24) is 20.7 Å². The third-order valence-corrected chi connectivity index (χ3v) is 7.84. The van der Waals surface area contributed by atoms with E-state index in [9.17, 15) is 9.59 Å². The summed E-state index contributed by atoms with van der Waals surface area (Å²) in [6.07, 6.45) is 0.183. The normalized spacial score (nSPS) is 21.0. The molecule has 3 atom stereocenters. The van der Waals surface area contributed by atoms with Crippen LogP contribution in [0.2, 0.25) is 19.6 Å². The Hall–Kier alpha value is -1.94. The lowest BCUT2D eigenvalue weighted by Crippen LogP contribution is -2.51. The molecule has 1 unspecified atom stereocenters. The molecule has 0 saturated carbocycles. The molecule has 0 spiro atoms. The standard InChI is InChI=1S/C21H36N4O4Si/c1-16(30(4,5)6)28-15-29-19-13-25(20(26)14-24(2)3)23-21(27)22-18(19)12-17-10-8-7-9-11-17/h7-11,16,18-19H,12-15H2,1-6H3,(H2,22,23,27)/t16?,18-,19-/m1/s1. The first-order valence-electron chi connectivity index (χ1n) is 10.4. The van der Waals surface area contributed by atoms with Crippen LogP contribution in [0.1, 0.15) is 12.5 Å². The van der Waals surface area contributed by atoms with Gasteiger partial charge < -0.3 is 19.7 Å². The van der Waals surface area contributed by atoms with Gasteiger partial charge in [0.05, 0.1) is 27.2 Å². The first-order valence-corrected chi connectivity index (χ1v) is 13.9. The Kier molecular flexibility index (Phi) is 8.84. The van der Waals surface area contributed by atoms with Crippen molar-refractivity contribution in [2.24, 2.45) is 0 Å². The van der Waals surface area contributed by atoms with E-state index in [0.29, 0.717) is 6.42 Å². The summed E-state index contributed by atoms with van der Waals surface area (Å²) in [4.78, 5) is 26.8. The number of rotatable bonds is 9. The van der Waals surface area contributed by atoms with E-state index in [1.165, 1.54) is 5.01 Å². The van der Waals surface area contributed by atoms with Crippen LogP contribution in [-0.4, -0.2) is 81.8 Å². The fourth-order valence-corrected chi connectivity index (χ4v) is 3.56. The Balaban J connectivity index is 2.13. The van der Waals surface area contributed by atoms with Crippen LogP contribution in [0, 0.1) is 0 Å². The van der Waals surface area contributed by atoms with Crippen molar-refractivity contribution in [3.8, 4) is 0 Å². The van der Waals surface area contributed by atoms with Crippen molar-refractivity contribution in [3.05, 3.63) is 35.9 Å². The van der Waals surface area contributed by atoms with E-state index in [4.69, 9.17) is 9.47 Å². The fraction of sp³-hybridized carbons (Fsp3) is 0.619. The summed E-state index contributed by atoms with van der Waals surface area (Å²) in [5.74, 6) is -0.194. The number of hydrogen-bond acceptors (Lipinski definition) is 5. The van der Waals surface area contributed by atoms with Crippen LogP contribution in [0.5, 0.6) is 0 Å². The maximum absolute atomic E-state index is 12.6. The smallest absolute Gasteiger partial charge is 0.333 e. The molecule has 1 saturated heterocycles. The number of urea groups is 1. The van der Waals surface area contributed by atoms with Gasteiger partial charge in [0.2, 0.25) is 0 Å². The number of likely N-dealkylation sites (N-methyl/N-ethyl adjacent to an activating group) is 1. The van der Waals surface area contributed by atoms with E-state index >= 15 is 0 Å². The number of nitrogens with one attached hydrogen (secondary N) is 2. The lowest BCUT2D eigenvalue weighted by Gasteiger charge is -2.30. The van der Waals surface area contributed by atoms with Gasteiger partial charge in [0, 0.05) is 5.73 Å². The zero-order chi connectivity index (χ0) is 22.3. The van der Waals surface area contributed by atoms with Crippen molar-refractivity contribution < 1.29 is 19.1 Å². The quantitative estimate of drug-likeness (QED) is 0.456. The molecule has 9 heteroatoms. The second-order valence-electron chi connectivity index (χ2n) is 9.12. The summed E-state index contributed by atoms with van der Waals surface area (Å²) in [6, 6.07) is 9.21. The molecule has 1 aliphatic heterocycles. The lowest BCUT2D eigenvalue weighted by molar-refractivity contribution is -0.141. The first-order chi connectivity index (χ1) is 14.1. The van der Waals surface area contributed by atoms with Gasteiger partial charge >= 0.3 is 6.03 Å². The SMILES string of the molecule is CC(OCO[C@@H]1CN(C(=O)CN(C)C)NC(=O)N[C@@H]1Cc1ccccc1)[Si](C)(C)C. The van der Waals surface area contributed by atoms with Crippen LogP contribution in [0.25, 0.3) is 0 Å². The van der Waals surface area contributed by atoms with Crippen LogP contribution in [0.3, 0.4) is 0 Å². The molecular formula is C21H36N4O4Si. The van der Waals surface area contributed by atoms with Gasteiger partial charge in [-0.25, -0.2) is 15.2 Å². The van der Waals surface area contributed by atoms with Crippen LogP contribution >= 0.6 is 0 Å². The molecule has 1 aromatic carbocycles. The van der Waals surface area contributed by atoms with E-state index in [1.54, 1.807) is 4.90 Å². The zero-order valence-electron chi connectivity index (χ0n) is 19.0. The summed E-state index contributed by atoms with van der Waals surface area (Å²) < 4.78 is 12.0. The summed E-state index contributed by atoms with van der Waals surface area (Å²) >= 11 is 0. The third-order valence-electron chi connectivity index (χ3n) is 5.24. The second-order valence-corrected chi connectivity index (χ2v) is 14.7. The molecular weight excluding hydrogens is 400 g/mol. The zero-order valence-corrected chi connectivity index (χ0v) is 20.0. The Bertz CT molecular complexity index is 696. The molecule has 2 N–H and O–H groups in total. The Labute approximate surface area is 180 Å². The Morgan fingerprint density at radius 1 is 1.27 bits per heavy atom. The van der Waals surface area contributed by atoms with Gasteiger partial charge in [0.15, 0.2) is 0 Å². The molecule has 0 radical (unpaired) electrons. The van der Waals surface area contributed by atoms with E-state index in [1.807, 2.05) is 44.4 Å². The number of carbonyl (C=O) groups excluding carboxylic acids is 2. The number of ether oxygens (including phenoxy) is 2. The third kappa shape index (κ3) is 7.71. The van der Waals surface area contributed by atoms with Crippen molar-refractivity contribution in [2.45, 2.75) is 50.9 Å². The monoisotopic (exact) mass is 436 g/mol. The molecule has 30 heavy (non-hydrogen) atoms. The van der Waals surface area contributed by atoms with Crippen LogP contribution in [0.15, 0.2) is 30.3 Å². The molecule has 0 aliphatic carbocycles. The van der Waals surface area contributed by atoms with E-state index in [0.717, 1.165) is 5.56 Å². The Morgan fingerprint density at radius 2 is 1.93 bits per heavy atom. The summed E-state index contributed by atoms with van der Waals surface area (Å²) in [7, 11) is 2.18. The maximum Gasteiger partial charge on any atom is 0.333 e. The van der Waals surface area contributed by atoms with Gasteiger partial charge in [-0.1, -0.05) is 50.0 Å². The van der Waals surface area contributed by atoms with Gasteiger partial charge in [0.1, 0.15) is 12.9 Å². The molecule has 1 fully saturated rings. The van der Waals surface area contributed by atoms with Crippen molar-refractivity contribution in [2.75, 3.05) is 34.0 Å². The number of hydrazine groups is 1. The first kappa shape index (κ1) is 24.3. The van der Waals surface area contributed by atoms with Crippen LogP contribution in [-0.2, 0) is 20.7 Å². The number of hydrogen-bond donors (Lipinski definition) is 2. The van der Waals surface area contributed by atoms with E-state index < -0.39 is 20.2 Å². The largest absolute Gasteiger partial charge is 0.356 e. The van der Waals surface area contributed by atoms with Gasteiger partial charge in [0.25, 0.3) is 5.91 Å². The Morgan fingerprint density at radius 3 is 2.53 bits per heavy atom. The number of nitrogens with zero attached hydrogens (tertiary/aromatic N) is 2. The molecule has 2 rings (SSSR count). The number of carbonyl (C=O) groups is 2. The molecule has 1 heterocycles. The maximum atomic E-state index is 12.6. The molecule has 0 aromatic heterocycles. The van der Waals surface area contributed by atoms with Crippen molar-refractivity contribution >= 4 is 20.0 Å². The minimum Gasteiger partial charge on any atom is -0.356 e. The van der Waals surface area contributed by atoms with Gasteiger partial charge in [-0.05, 0) is 33.0 Å².